The second-order valence-electron chi connectivity index (χ2n) is 4.60. The fraction of sp³-hybridized carbons (Fsp3) is 0.333. The van der Waals surface area contributed by atoms with Crippen molar-refractivity contribution in [3.63, 3.8) is 0 Å². The Hall–Kier alpha value is -2.63. The molecule has 110 valence electrons. The lowest BCUT2D eigenvalue weighted by Crippen LogP contribution is -2.16. The standard InChI is InChI=1S/C12H11F3N6/c1-6(2)8-3-9(12(13,14)15)20-11(19-8)21-10(17)7(4-16)5-18-21/h3,5-6H,17H2,1-2H3. The smallest absolute Gasteiger partial charge is 0.382 e. The van der Waals surface area contributed by atoms with E-state index in [0.29, 0.717) is 0 Å². The third-order valence-corrected chi connectivity index (χ3v) is 2.73. The number of hydrogen-bond donors (Lipinski definition) is 1. The average molecular weight is 296 g/mol. The molecule has 0 aliphatic heterocycles. The normalized spacial score (nSPS) is 11.7. The highest BCUT2D eigenvalue weighted by molar-refractivity contribution is 5.50. The van der Waals surface area contributed by atoms with E-state index in [9.17, 15) is 13.2 Å². The van der Waals surface area contributed by atoms with Crippen LogP contribution >= 0.6 is 0 Å². The summed E-state index contributed by atoms with van der Waals surface area (Å²) < 4.78 is 39.6. The quantitative estimate of drug-likeness (QED) is 0.917. The van der Waals surface area contributed by atoms with E-state index in [0.717, 1.165) is 16.9 Å². The van der Waals surface area contributed by atoms with Gasteiger partial charge in [0.1, 0.15) is 23.1 Å². The number of nitrogens with two attached hydrogens (primary N) is 1. The fourth-order valence-electron chi connectivity index (χ4n) is 1.59. The van der Waals surface area contributed by atoms with Crippen molar-refractivity contribution < 1.29 is 13.2 Å². The molecule has 9 heteroatoms. The molecule has 0 saturated carbocycles. The highest BCUT2D eigenvalue weighted by Crippen LogP contribution is 2.30. The molecule has 0 aliphatic rings. The van der Waals surface area contributed by atoms with Crippen LogP contribution in [0.4, 0.5) is 19.0 Å². The van der Waals surface area contributed by atoms with Crippen LogP contribution in [-0.4, -0.2) is 19.7 Å². The minimum atomic E-state index is -4.61. The first kappa shape index (κ1) is 14.8. The van der Waals surface area contributed by atoms with E-state index in [1.54, 1.807) is 19.9 Å². The van der Waals surface area contributed by atoms with Gasteiger partial charge in [-0.05, 0) is 12.0 Å². The largest absolute Gasteiger partial charge is 0.433 e. The van der Waals surface area contributed by atoms with E-state index in [2.05, 4.69) is 15.1 Å². The molecule has 0 aliphatic carbocycles. The Morgan fingerprint density at radius 1 is 1.33 bits per heavy atom. The van der Waals surface area contributed by atoms with Gasteiger partial charge < -0.3 is 5.73 Å². The van der Waals surface area contributed by atoms with Crippen molar-refractivity contribution in [1.82, 2.24) is 19.7 Å². The van der Waals surface area contributed by atoms with Crippen LogP contribution < -0.4 is 5.73 Å². The highest BCUT2D eigenvalue weighted by atomic mass is 19.4. The number of alkyl halides is 3. The van der Waals surface area contributed by atoms with Crippen molar-refractivity contribution in [3.8, 4) is 12.0 Å². The topological polar surface area (TPSA) is 93.4 Å². The van der Waals surface area contributed by atoms with Gasteiger partial charge in [0.15, 0.2) is 0 Å². The maximum Gasteiger partial charge on any atom is 0.433 e. The maximum absolute atomic E-state index is 12.9. The number of halogens is 3. The van der Waals surface area contributed by atoms with Crippen LogP contribution in [-0.2, 0) is 6.18 Å². The zero-order valence-electron chi connectivity index (χ0n) is 11.2. The molecular weight excluding hydrogens is 285 g/mol. The van der Waals surface area contributed by atoms with Gasteiger partial charge in [0.2, 0.25) is 0 Å². The summed E-state index contributed by atoms with van der Waals surface area (Å²) >= 11 is 0. The SMILES string of the molecule is CC(C)c1cc(C(F)(F)F)nc(-n2ncc(C#N)c2N)n1. The molecule has 0 atom stereocenters. The van der Waals surface area contributed by atoms with E-state index in [1.807, 2.05) is 0 Å². The van der Waals surface area contributed by atoms with E-state index >= 15 is 0 Å². The monoisotopic (exact) mass is 296 g/mol. The number of aromatic nitrogens is 4. The van der Waals surface area contributed by atoms with E-state index in [4.69, 9.17) is 11.0 Å². The van der Waals surface area contributed by atoms with E-state index < -0.39 is 11.9 Å². The zero-order valence-corrected chi connectivity index (χ0v) is 11.2. The van der Waals surface area contributed by atoms with Gasteiger partial charge in [-0.2, -0.15) is 28.2 Å². The lowest BCUT2D eigenvalue weighted by atomic mass is 10.1. The highest BCUT2D eigenvalue weighted by Gasteiger charge is 2.34. The summed E-state index contributed by atoms with van der Waals surface area (Å²) in [6.45, 7) is 3.42. The Kier molecular flexibility index (Phi) is 3.55. The van der Waals surface area contributed by atoms with Crippen LogP contribution in [0.3, 0.4) is 0 Å². The molecule has 21 heavy (non-hydrogen) atoms. The number of nitrogens with zero attached hydrogens (tertiary/aromatic N) is 5. The number of nitrogen functional groups attached to an aromatic ring is 1. The van der Waals surface area contributed by atoms with Crippen molar-refractivity contribution in [3.05, 3.63) is 29.2 Å². The van der Waals surface area contributed by atoms with Gasteiger partial charge in [-0.3, -0.25) is 0 Å². The van der Waals surface area contributed by atoms with Crippen molar-refractivity contribution >= 4 is 5.82 Å². The first-order valence-electron chi connectivity index (χ1n) is 5.94. The number of hydrogen-bond acceptors (Lipinski definition) is 5. The summed E-state index contributed by atoms with van der Waals surface area (Å²) in [6, 6.07) is 2.67. The molecule has 2 N–H and O–H groups in total. The van der Waals surface area contributed by atoms with Crippen molar-refractivity contribution in [2.45, 2.75) is 25.9 Å². The van der Waals surface area contributed by atoms with Gasteiger partial charge in [-0.15, -0.1) is 0 Å². The predicted octanol–water partition coefficient (Wildman–Crippen LogP) is 2.26. The molecule has 0 radical (unpaired) electrons. The van der Waals surface area contributed by atoms with Crippen LogP contribution in [0.25, 0.3) is 5.95 Å². The molecule has 2 heterocycles. The molecule has 0 saturated heterocycles. The minimum Gasteiger partial charge on any atom is -0.382 e. The predicted molar refractivity (Wildman–Crippen MR) is 67.4 cm³/mol. The number of anilines is 1. The fourth-order valence-corrected chi connectivity index (χ4v) is 1.59. The summed E-state index contributed by atoms with van der Waals surface area (Å²) in [5, 5.41) is 12.6. The van der Waals surface area contributed by atoms with Crippen LogP contribution in [0.5, 0.6) is 0 Å². The van der Waals surface area contributed by atoms with E-state index in [1.165, 1.54) is 0 Å². The molecule has 2 rings (SSSR count). The molecule has 0 unspecified atom stereocenters. The summed E-state index contributed by atoms with van der Waals surface area (Å²) in [4.78, 5) is 7.47. The third-order valence-electron chi connectivity index (χ3n) is 2.73. The molecule has 0 spiro atoms. The second-order valence-corrected chi connectivity index (χ2v) is 4.60. The molecule has 2 aromatic heterocycles. The first-order chi connectivity index (χ1) is 9.74. The van der Waals surface area contributed by atoms with Gasteiger partial charge in [0.05, 0.1) is 6.20 Å². The van der Waals surface area contributed by atoms with Crippen LogP contribution in [0, 0.1) is 11.3 Å². The lowest BCUT2D eigenvalue weighted by molar-refractivity contribution is -0.141. The van der Waals surface area contributed by atoms with Gasteiger partial charge in [0, 0.05) is 5.69 Å². The first-order valence-corrected chi connectivity index (χ1v) is 5.94. The molecule has 2 aromatic rings. The summed E-state index contributed by atoms with van der Waals surface area (Å²) in [5.74, 6) is -0.654. The Balaban J connectivity index is 2.65. The van der Waals surface area contributed by atoms with Crippen LogP contribution in [0.2, 0.25) is 0 Å². The Morgan fingerprint density at radius 3 is 2.48 bits per heavy atom. The van der Waals surface area contributed by atoms with Crippen LogP contribution in [0.1, 0.15) is 36.7 Å². The second kappa shape index (κ2) is 5.05. The number of rotatable bonds is 2. The zero-order chi connectivity index (χ0) is 15.8. The third kappa shape index (κ3) is 2.79. The average Bonchev–Trinajstić information content (AvgIpc) is 2.78. The summed E-state index contributed by atoms with van der Waals surface area (Å²) in [5.41, 5.74) is 4.82. The lowest BCUT2D eigenvalue weighted by Gasteiger charge is -2.12. The molecule has 0 bridgehead atoms. The summed E-state index contributed by atoms with van der Waals surface area (Å²) in [7, 11) is 0. The molecular formula is C12H11F3N6. The molecule has 0 fully saturated rings. The number of nitriles is 1. The van der Waals surface area contributed by atoms with Gasteiger partial charge in [0.25, 0.3) is 5.95 Å². The van der Waals surface area contributed by atoms with Crippen molar-refractivity contribution in [2.75, 3.05) is 5.73 Å². The van der Waals surface area contributed by atoms with Crippen molar-refractivity contribution in [2.24, 2.45) is 0 Å². The molecule has 6 nitrogen and oxygen atoms in total. The van der Waals surface area contributed by atoms with E-state index in [-0.39, 0.29) is 28.9 Å². The van der Waals surface area contributed by atoms with Crippen LogP contribution in [0.15, 0.2) is 12.3 Å². The molecule has 0 aromatic carbocycles. The molecule has 0 amide bonds. The van der Waals surface area contributed by atoms with Gasteiger partial charge >= 0.3 is 6.18 Å². The Bertz CT molecular complexity index is 711. The van der Waals surface area contributed by atoms with Gasteiger partial charge in [-0.25, -0.2) is 9.97 Å². The minimum absolute atomic E-state index is 0.0436. The van der Waals surface area contributed by atoms with Crippen molar-refractivity contribution in [1.29, 1.82) is 5.26 Å². The summed E-state index contributed by atoms with van der Waals surface area (Å²) in [6.07, 6.45) is -3.46. The Morgan fingerprint density at radius 2 is 2.00 bits per heavy atom. The maximum atomic E-state index is 12.9. The Labute approximate surface area is 118 Å². The van der Waals surface area contributed by atoms with Gasteiger partial charge in [-0.1, -0.05) is 13.8 Å².